The molecule has 82 valence electrons. The van der Waals surface area contributed by atoms with Crippen molar-refractivity contribution in [2.24, 2.45) is 0 Å². The summed E-state index contributed by atoms with van der Waals surface area (Å²) in [5.74, 6) is 3.10. The monoisotopic (exact) mass is 233 g/mol. The normalized spacial score (nSPS) is 14.1. The smallest absolute Gasteiger partial charge is 0.265 e. The average Bonchev–Trinajstić information content (AvgIpc) is 2.25. The Labute approximate surface area is 97.0 Å². The Morgan fingerprint density at radius 1 is 1.62 bits per heavy atom. The van der Waals surface area contributed by atoms with Gasteiger partial charge in [-0.25, -0.2) is 0 Å². The summed E-state index contributed by atoms with van der Waals surface area (Å²) in [6, 6.07) is 3.83. The lowest BCUT2D eigenvalue weighted by molar-refractivity contribution is -0.121. The van der Waals surface area contributed by atoms with Gasteiger partial charge in [-0.3, -0.25) is 9.69 Å². The maximum atomic E-state index is 11.6. The Morgan fingerprint density at radius 2 is 2.38 bits per heavy atom. The number of anilines is 1. The Bertz CT molecular complexity index is 491. The van der Waals surface area contributed by atoms with E-state index in [0.717, 1.165) is 16.6 Å². The Balaban J connectivity index is 2.51. The maximum absolute atomic E-state index is 11.6. The summed E-state index contributed by atoms with van der Waals surface area (Å²) < 4.78 is 5.37. The summed E-state index contributed by atoms with van der Waals surface area (Å²) in [5, 5.41) is 1.06. The Morgan fingerprint density at radius 3 is 3.06 bits per heavy atom. The lowest BCUT2D eigenvalue weighted by Gasteiger charge is -2.28. The number of aryl methyl sites for hydroxylation is 1. The van der Waals surface area contributed by atoms with Gasteiger partial charge in [-0.15, -0.1) is 15.7 Å². The Kier molecular flexibility index (Phi) is 2.85. The van der Waals surface area contributed by atoms with E-state index < -0.39 is 0 Å². The maximum Gasteiger partial charge on any atom is 0.265 e. The number of hydrogen-bond acceptors (Lipinski definition) is 2. The molecule has 1 unspecified atom stereocenters. The van der Waals surface area contributed by atoms with Crippen molar-refractivity contribution in [2.45, 2.75) is 6.92 Å². The summed E-state index contributed by atoms with van der Waals surface area (Å²) in [6.07, 6.45) is 5.26. The van der Waals surface area contributed by atoms with Gasteiger partial charge in [-0.05, 0) is 29.9 Å². The molecule has 1 aliphatic rings. The quantitative estimate of drug-likeness (QED) is 0.531. The first kappa shape index (κ1) is 11.0. The van der Waals surface area contributed by atoms with Crippen LogP contribution in [0.3, 0.4) is 0 Å². The first-order chi connectivity index (χ1) is 7.63. The number of carbonyl (C=O) groups excluding carboxylic acids is 1. The van der Waals surface area contributed by atoms with Crippen LogP contribution in [0.5, 0.6) is 5.75 Å². The fourth-order valence-corrected chi connectivity index (χ4v) is 1.87. The van der Waals surface area contributed by atoms with Gasteiger partial charge in [-0.2, -0.15) is 0 Å². The van der Waals surface area contributed by atoms with Crippen molar-refractivity contribution in [3.63, 3.8) is 0 Å². The van der Waals surface area contributed by atoms with Crippen LogP contribution in [0.1, 0.15) is 5.56 Å². The number of amides is 1. The number of terminal acetylenes is 1. The Hall–Kier alpha value is -1.52. The van der Waals surface area contributed by atoms with E-state index in [0.29, 0.717) is 5.75 Å². The number of nitrogens with zero attached hydrogens (tertiary/aromatic N) is 1. The SMILES string of the molecule is C#CCN1C(=O)COc2cc(P)c(C)cc21. The highest BCUT2D eigenvalue weighted by Gasteiger charge is 2.25. The fourth-order valence-electron chi connectivity index (χ4n) is 1.63. The average molecular weight is 233 g/mol. The molecule has 0 bridgehead atoms. The largest absolute Gasteiger partial charge is 0.482 e. The highest BCUT2D eigenvalue weighted by atomic mass is 31.0. The molecule has 1 heterocycles. The standard InChI is InChI=1S/C12H12NO2P/c1-3-4-13-9-5-8(2)11(16)6-10(9)15-7-12(13)14/h1,5-6H,4,7,16H2,2H3. The van der Waals surface area contributed by atoms with Crippen LogP contribution >= 0.6 is 9.24 Å². The zero-order valence-corrected chi connectivity index (χ0v) is 10.1. The van der Waals surface area contributed by atoms with Gasteiger partial charge in [0.1, 0.15) is 5.75 Å². The number of rotatable bonds is 1. The van der Waals surface area contributed by atoms with E-state index in [9.17, 15) is 4.79 Å². The van der Waals surface area contributed by atoms with Crippen molar-refractivity contribution in [3.8, 4) is 18.1 Å². The van der Waals surface area contributed by atoms with Gasteiger partial charge in [0.25, 0.3) is 5.91 Å². The summed E-state index contributed by atoms with van der Waals surface area (Å²) in [7, 11) is 2.64. The summed E-state index contributed by atoms with van der Waals surface area (Å²) in [6.45, 7) is 2.32. The zero-order chi connectivity index (χ0) is 11.7. The van der Waals surface area contributed by atoms with E-state index in [-0.39, 0.29) is 19.1 Å². The molecule has 3 nitrogen and oxygen atoms in total. The van der Waals surface area contributed by atoms with Gasteiger partial charge in [0, 0.05) is 0 Å². The van der Waals surface area contributed by atoms with E-state index in [2.05, 4.69) is 15.2 Å². The molecule has 1 atom stereocenters. The topological polar surface area (TPSA) is 29.5 Å². The minimum atomic E-state index is -0.0960. The molecule has 0 saturated carbocycles. The minimum absolute atomic E-state index is 0.0574. The molecule has 0 N–H and O–H groups in total. The number of fused-ring (bicyclic) bond motifs is 1. The van der Waals surface area contributed by atoms with Gasteiger partial charge in [0.05, 0.1) is 12.2 Å². The first-order valence-electron chi connectivity index (χ1n) is 4.90. The van der Waals surface area contributed by atoms with Crippen LogP contribution in [0.25, 0.3) is 0 Å². The number of hydrogen-bond donors (Lipinski definition) is 0. The molecule has 0 radical (unpaired) electrons. The highest BCUT2D eigenvalue weighted by Crippen LogP contribution is 2.32. The zero-order valence-electron chi connectivity index (χ0n) is 8.99. The molecular weight excluding hydrogens is 221 g/mol. The van der Waals surface area contributed by atoms with E-state index in [4.69, 9.17) is 11.2 Å². The van der Waals surface area contributed by atoms with Crippen molar-refractivity contribution in [1.29, 1.82) is 0 Å². The van der Waals surface area contributed by atoms with Crippen LogP contribution in [0, 0.1) is 19.3 Å². The van der Waals surface area contributed by atoms with Gasteiger partial charge >= 0.3 is 0 Å². The van der Waals surface area contributed by atoms with Gasteiger partial charge < -0.3 is 4.74 Å². The van der Waals surface area contributed by atoms with Crippen molar-refractivity contribution >= 4 is 26.1 Å². The van der Waals surface area contributed by atoms with Crippen LogP contribution in [-0.2, 0) is 4.79 Å². The molecule has 1 amide bonds. The molecule has 1 aromatic rings. The summed E-state index contributed by atoms with van der Waals surface area (Å²) >= 11 is 0. The third kappa shape index (κ3) is 1.77. The number of carbonyl (C=O) groups is 1. The van der Waals surface area contributed by atoms with Gasteiger partial charge in [-0.1, -0.05) is 5.92 Å². The molecule has 0 saturated heterocycles. The molecule has 4 heteroatoms. The number of ether oxygens (including phenoxy) is 1. The summed E-state index contributed by atoms with van der Waals surface area (Å²) in [4.78, 5) is 13.2. The van der Waals surface area contributed by atoms with Crippen LogP contribution in [0.4, 0.5) is 5.69 Å². The lowest BCUT2D eigenvalue weighted by Crippen LogP contribution is -2.39. The second-order valence-electron chi connectivity index (χ2n) is 3.65. The molecule has 2 rings (SSSR count). The van der Waals surface area contributed by atoms with Gasteiger partial charge in [0.15, 0.2) is 6.61 Å². The van der Waals surface area contributed by atoms with Crippen molar-refractivity contribution in [1.82, 2.24) is 0 Å². The molecule has 0 fully saturated rings. The summed E-state index contributed by atoms with van der Waals surface area (Å²) in [5.41, 5.74) is 1.85. The third-order valence-electron chi connectivity index (χ3n) is 2.54. The van der Waals surface area contributed by atoms with Crippen molar-refractivity contribution < 1.29 is 9.53 Å². The molecule has 1 aliphatic heterocycles. The van der Waals surface area contributed by atoms with Gasteiger partial charge in [0.2, 0.25) is 0 Å². The van der Waals surface area contributed by atoms with Crippen LogP contribution in [0.15, 0.2) is 12.1 Å². The van der Waals surface area contributed by atoms with Crippen molar-refractivity contribution in [2.75, 3.05) is 18.1 Å². The molecule has 0 aromatic heterocycles. The second-order valence-corrected chi connectivity index (χ2v) is 4.27. The molecule has 0 aliphatic carbocycles. The van der Waals surface area contributed by atoms with E-state index in [1.165, 1.54) is 0 Å². The van der Waals surface area contributed by atoms with E-state index >= 15 is 0 Å². The first-order valence-corrected chi connectivity index (χ1v) is 5.48. The number of benzene rings is 1. The van der Waals surface area contributed by atoms with Crippen LogP contribution < -0.4 is 14.9 Å². The van der Waals surface area contributed by atoms with E-state index in [1.54, 1.807) is 4.90 Å². The highest BCUT2D eigenvalue weighted by molar-refractivity contribution is 7.27. The molecule has 16 heavy (non-hydrogen) atoms. The van der Waals surface area contributed by atoms with E-state index in [1.807, 2.05) is 19.1 Å². The third-order valence-corrected chi connectivity index (χ3v) is 3.16. The lowest BCUT2D eigenvalue weighted by atomic mass is 10.1. The fraction of sp³-hybridized carbons (Fsp3) is 0.250. The minimum Gasteiger partial charge on any atom is -0.482 e. The predicted octanol–water partition coefficient (Wildman–Crippen LogP) is 0.854. The van der Waals surface area contributed by atoms with Crippen molar-refractivity contribution in [3.05, 3.63) is 17.7 Å². The van der Waals surface area contributed by atoms with Crippen LogP contribution in [-0.4, -0.2) is 19.1 Å². The second kappa shape index (κ2) is 4.15. The molecule has 1 aromatic carbocycles. The molecule has 0 spiro atoms. The predicted molar refractivity (Wildman–Crippen MR) is 67.2 cm³/mol. The molecular formula is C12H12NO2P. The van der Waals surface area contributed by atoms with Crippen LogP contribution in [0.2, 0.25) is 0 Å².